The average molecular weight is 285 g/mol. The summed E-state index contributed by atoms with van der Waals surface area (Å²) in [4.78, 5) is 22.8. The molecule has 0 bridgehead atoms. The molecule has 2 amide bonds. The number of carbonyl (C=O) groups is 2. The lowest BCUT2D eigenvalue weighted by Gasteiger charge is -2.18. The molecule has 3 N–H and O–H groups in total. The van der Waals surface area contributed by atoms with Gasteiger partial charge in [-0.3, -0.25) is 0 Å². The summed E-state index contributed by atoms with van der Waals surface area (Å²) >= 11 is 5.94. The van der Waals surface area contributed by atoms with Gasteiger partial charge in [-0.15, -0.1) is 0 Å². The van der Waals surface area contributed by atoms with Gasteiger partial charge in [-0.05, 0) is 30.5 Å². The van der Waals surface area contributed by atoms with Crippen LogP contribution in [0.4, 0.5) is 10.5 Å². The number of carboxylic acid groups (broad SMARTS) is 1. The van der Waals surface area contributed by atoms with Gasteiger partial charge >= 0.3 is 12.0 Å². The van der Waals surface area contributed by atoms with Crippen LogP contribution in [0.1, 0.15) is 19.4 Å². The minimum atomic E-state index is -1.06. The first-order chi connectivity index (χ1) is 8.82. The normalized spacial score (nSPS) is 12.1. The molecule has 5 nitrogen and oxygen atoms in total. The van der Waals surface area contributed by atoms with Crippen LogP contribution in [0.25, 0.3) is 0 Å². The summed E-state index contributed by atoms with van der Waals surface area (Å²) in [6.45, 7) is 5.22. The van der Waals surface area contributed by atoms with Crippen LogP contribution in [0.2, 0.25) is 5.02 Å². The Labute approximate surface area is 117 Å². The maximum atomic E-state index is 11.8. The van der Waals surface area contributed by atoms with Crippen molar-refractivity contribution in [1.29, 1.82) is 0 Å². The van der Waals surface area contributed by atoms with Gasteiger partial charge in [0.2, 0.25) is 0 Å². The molecule has 0 aromatic heterocycles. The number of urea groups is 1. The van der Waals surface area contributed by atoms with Crippen molar-refractivity contribution in [2.24, 2.45) is 5.92 Å². The summed E-state index contributed by atoms with van der Waals surface area (Å²) in [6.07, 6.45) is 0. The van der Waals surface area contributed by atoms with Gasteiger partial charge in [-0.1, -0.05) is 31.5 Å². The van der Waals surface area contributed by atoms with E-state index in [0.29, 0.717) is 10.7 Å². The molecule has 0 spiro atoms. The summed E-state index contributed by atoms with van der Waals surface area (Å²) < 4.78 is 0. The fraction of sp³-hybridized carbons (Fsp3) is 0.385. The molecule has 0 unspecified atom stereocenters. The average Bonchev–Trinajstić information content (AvgIpc) is 2.31. The van der Waals surface area contributed by atoms with Crippen LogP contribution >= 0.6 is 11.6 Å². The molecule has 1 atom stereocenters. The Balaban J connectivity index is 2.75. The summed E-state index contributed by atoms with van der Waals surface area (Å²) in [5.41, 5.74) is 1.29. The lowest BCUT2D eigenvalue weighted by Crippen LogP contribution is -2.46. The number of hydrogen-bond acceptors (Lipinski definition) is 2. The van der Waals surface area contributed by atoms with E-state index in [9.17, 15) is 9.59 Å². The van der Waals surface area contributed by atoms with Crippen LogP contribution in [0.5, 0.6) is 0 Å². The maximum Gasteiger partial charge on any atom is 0.326 e. The first kappa shape index (κ1) is 15.3. The molecule has 0 radical (unpaired) electrons. The first-order valence-electron chi connectivity index (χ1n) is 5.88. The van der Waals surface area contributed by atoms with Gasteiger partial charge in [-0.2, -0.15) is 0 Å². The highest BCUT2D eigenvalue weighted by molar-refractivity contribution is 6.31. The third kappa shape index (κ3) is 4.13. The molecule has 0 aliphatic heterocycles. The molecule has 19 heavy (non-hydrogen) atoms. The number of anilines is 1. The molecule has 0 aliphatic rings. The molecular weight excluding hydrogens is 268 g/mol. The van der Waals surface area contributed by atoms with Crippen LogP contribution < -0.4 is 10.6 Å². The topological polar surface area (TPSA) is 78.4 Å². The van der Waals surface area contributed by atoms with Gasteiger partial charge in [0.15, 0.2) is 0 Å². The Bertz CT molecular complexity index is 489. The van der Waals surface area contributed by atoms with Crippen molar-refractivity contribution in [2.75, 3.05) is 5.32 Å². The second kappa shape index (κ2) is 6.43. The van der Waals surface area contributed by atoms with Crippen molar-refractivity contribution in [1.82, 2.24) is 5.32 Å². The predicted octanol–water partition coefficient (Wildman–Crippen LogP) is 2.88. The highest BCUT2D eigenvalue weighted by Gasteiger charge is 2.23. The molecule has 0 heterocycles. The number of aliphatic carboxylic acids is 1. The molecule has 1 rings (SSSR count). The molecule has 6 heteroatoms. The molecule has 0 saturated heterocycles. The van der Waals surface area contributed by atoms with Gasteiger partial charge in [0.1, 0.15) is 6.04 Å². The standard InChI is InChI=1S/C13H17ClN2O3/c1-7(2)11(12(17)18)16-13(19)15-10-6-4-5-9(14)8(10)3/h4-7,11H,1-3H3,(H,17,18)(H2,15,16,19)/t11-/m1/s1. The highest BCUT2D eigenvalue weighted by Crippen LogP contribution is 2.22. The van der Waals surface area contributed by atoms with Crippen LogP contribution in [-0.2, 0) is 4.79 Å². The van der Waals surface area contributed by atoms with Gasteiger partial charge in [0.25, 0.3) is 0 Å². The second-order valence-corrected chi connectivity index (χ2v) is 4.98. The largest absolute Gasteiger partial charge is 0.480 e. The number of nitrogens with one attached hydrogen (secondary N) is 2. The number of carbonyl (C=O) groups excluding carboxylic acids is 1. The number of carboxylic acids is 1. The summed E-state index contributed by atoms with van der Waals surface area (Å²) in [6, 6.07) is 3.63. The summed E-state index contributed by atoms with van der Waals surface area (Å²) in [5, 5.41) is 14.5. The van der Waals surface area contributed by atoms with Gasteiger partial charge in [0, 0.05) is 10.7 Å². The molecule has 0 aliphatic carbocycles. The lowest BCUT2D eigenvalue weighted by atomic mass is 10.1. The van der Waals surface area contributed by atoms with E-state index in [0.717, 1.165) is 5.56 Å². The second-order valence-electron chi connectivity index (χ2n) is 4.57. The zero-order valence-corrected chi connectivity index (χ0v) is 11.8. The Morgan fingerprint density at radius 1 is 1.32 bits per heavy atom. The monoisotopic (exact) mass is 284 g/mol. The first-order valence-corrected chi connectivity index (χ1v) is 6.26. The van der Waals surface area contributed by atoms with E-state index < -0.39 is 18.0 Å². The predicted molar refractivity (Wildman–Crippen MR) is 74.6 cm³/mol. The van der Waals surface area contributed by atoms with Crippen LogP contribution in [0.15, 0.2) is 18.2 Å². The summed E-state index contributed by atoms with van der Waals surface area (Å²) in [5.74, 6) is -1.27. The third-order valence-corrected chi connectivity index (χ3v) is 3.14. The number of hydrogen-bond donors (Lipinski definition) is 3. The fourth-order valence-corrected chi connectivity index (χ4v) is 1.73. The van der Waals surface area contributed by atoms with E-state index in [1.807, 2.05) is 0 Å². The van der Waals surface area contributed by atoms with E-state index in [4.69, 9.17) is 16.7 Å². The smallest absolute Gasteiger partial charge is 0.326 e. The van der Waals surface area contributed by atoms with Crippen LogP contribution in [-0.4, -0.2) is 23.1 Å². The third-order valence-electron chi connectivity index (χ3n) is 2.74. The zero-order chi connectivity index (χ0) is 14.6. The Hall–Kier alpha value is -1.75. The minimum Gasteiger partial charge on any atom is -0.480 e. The Morgan fingerprint density at radius 2 is 1.95 bits per heavy atom. The maximum absolute atomic E-state index is 11.8. The molecule has 1 aromatic rings. The molecular formula is C13H17ClN2O3. The molecule has 1 aromatic carbocycles. The van der Waals surface area contributed by atoms with Gasteiger partial charge in [0.05, 0.1) is 0 Å². The van der Waals surface area contributed by atoms with Crippen molar-refractivity contribution in [3.63, 3.8) is 0 Å². The van der Waals surface area contributed by atoms with Crippen molar-refractivity contribution < 1.29 is 14.7 Å². The van der Waals surface area contributed by atoms with Crippen molar-refractivity contribution in [3.8, 4) is 0 Å². The number of halogens is 1. The number of amides is 2. The lowest BCUT2D eigenvalue weighted by molar-refractivity contribution is -0.140. The van der Waals surface area contributed by atoms with Crippen LogP contribution in [0, 0.1) is 12.8 Å². The van der Waals surface area contributed by atoms with E-state index in [1.54, 1.807) is 39.0 Å². The van der Waals surface area contributed by atoms with E-state index >= 15 is 0 Å². The highest BCUT2D eigenvalue weighted by atomic mass is 35.5. The molecule has 104 valence electrons. The number of benzene rings is 1. The van der Waals surface area contributed by atoms with Crippen molar-refractivity contribution in [2.45, 2.75) is 26.8 Å². The van der Waals surface area contributed by atoms with Gasteiger partial charge < -0.3 is 15.7 Å². The fourth-order valence-electron chi connectivity index (χ4n) is 1.56. The quantitative estimate of drug-likeness (QED) is 0.795. The van der Waals surface area contributed by atoms with Crippen molar-refractivity contribution >= 4 is 29.3 Å². The van der Waals surface area contributed by atoms with Crippen molar-refractivity contribution in [3.05, 3.63) is 28.8 Å². The van der Waals surface area contributed by atoms with Gasteiger partial charge in [-0.25, -0.2) is 9.59 Å². The SMILES string of the molecule is Cc1c(Cl)cccc1NC(=O)N[C@@H](C(=O)O)C(C)C. The molecule has 0 saturated carbocycles. The van der Waals surface area contributed by atoms with E-state index in [1.165, 1.54) is 0 Å². The molecule has 0 fully saturated rings. The Morgan fingerprint density at radius 3 is 2.47 bits per heavy atom. The van der Waals surface area contributed by atoms with E-state index in [-0.39, 0.29) is 5.92 Å². The van der Waals surface area contributed by atoms with Crippen LogP contribution in [0.3, 0.4) is 0 Å². The van der Waals surface area contributed by atoms with E-state index in [2.05, 4.69) is 10.6 Å². The Kier molecular flexibility index (Phi) is 5.18. The number of rotatable bonds is 4. The minimum absolute atomic E-state index is 0.205. The zero-order valence-electron chi connectivity index (χ0n) is 11.0. The summed E-state index contributed by atoms with van der Waals surface area (Å²) in [7, 11) is 0.